The molecule has 0 amide bonds. The monoisotopic (exact) mass is 298 g/mol. The van der Waals surface area contributed by atoms with Crippen LogP contribution in [-0.2, 0) is 18.4 Å². The highest BCUT2D eigenvalue weighted by atomic mass is 28.4. The summed E-state index contributed by atoms with van der Waals surface area (Å²) in [6.45, 7) is 0. The van der Waals surface area contributed by atoms with Crippen molar-refractivity contribution in [3.05, 3.63) is 30.3 Å². The Morgan fingerprint density at radius 1 is 1.15 bits per heavy atom. The molecule has 6 nitrogen and oxygen atoms in total. The van der Waals surface area contributed by atoms with Crippen LogP contribution in [-0.4, -0.2) is 44.9 Å². The van der Waals surface area contributed by atoms with Crippen molar-refractivity contribution in [3.8, 4) is 0 Å². The van der Waals surface area contributed by atoms with E-state index < -0.39 is 32.8 Å². The standard InChI is InChI=1S/C13H18O6Si/c1-18-20(19-2,11-6-4-3-5-7-11)9-10(13(16)17)8-12(14)15/h3-7,10H,8-9H2,1-2H3,(H,14,15)(H,16,17). The molecule has 0 aliphatic carbocycles. The van der Waals surface area contributed by atoms with Crippen LogP contribution in [0.5, 0.6) is 0 Å². The van der Waals surface area contributed by atoms with Crippen molar-refractivity contribution in [2.45, 2.75) is 12.5 Å². The fourth-order valence-electron chi connectivity index (χ4n) is 2.08. The molecule has 7 heteroatoms. The lowest BCUT2D eigenvalue weighted by Gasteiger charge is -2.29. The van der Waals surface area contributed by atoms with Crippen molar-refractivity contribution < 1.29 is 28.7 Å². The van der Waals surface area contributed by atoms with Gasteiger partial charge in [-0.25, -0.2) is 0 Å². The normalized spacial score (nSPS) is 12.9. The highest BCUT2D eigenvalue weighted by Gasteiger charge is 2.43. The second kappa shape index (κ2) is 7.18. The predicted octanol–water partition coefficient (Wildman–Crippen LogP) is 0.804. The van der Waals surface area contributed by atoms with Gasteiger partial charge in [0.05, 0.1) is 12.3 Å². The van der Waals surface area contributed by atoms with Crippen LogP contribution in [0.4, 0.5) is 0 Å². The molecule has 20 heavy (non-hydrogen) atoms. The maximum absolute atomic E-state index is 11.2. The second-order valence-corrected chi connectivity index (χ2v) is 7.67. The number of hydrogen-bond donors (Lipinski definition) is 2. The average Bonchev–Trinajstić information content (AvgIpc) is 2.44. The van der Waals surface area contributed by atoms with Crippen LogP contribution < -0.4 is 5.19 Å². The Kier molecular flexibility index (Phi) is 5.87. The van der Waals surface area contributed by atoms with E-state index in [1.54, 1.807) is 12.1 Å². The number of carboxylic acid groups (broad SMARTS) is 2. The largest absolute Gasteiger partial charge is 0.481 e. The summed E-state index contributed by atoms with van der Waals surface area (Å²) in [5.74, 6) is -3.35. The second-order valence-electron chi connectivity index (χ2n) is 4.36. The fraction of sp³-hybridized carbons (Fsp3) is 0.385. The van der Waals surface area contributed by atoms with Crippen LogP contribution in [0.15, 0.2) is 30.3 Å². The van der Waals surface area contributed by atoms with Gasteiger partial charge in [-0.15, -0.1) is 0 Å². The predicted molar refractivity (Wildman–Crippen MR) is 74.0 cm³/mol. The van der Waals surface area contributed by atoms with Crippen LogP contribution in [0.1, 0.15) is 6.42 Å². The zero-order valence-corrected chi connectivity index (χ0v) is 12.4. The number of aliphatic carboxylic acids is 2. The molecule has 0 aromatic heterocycles. The van der Waals surface area contributed by atoms with Gasteiger partial charge >= 0.3 is 20.5 Å². The molecule has 0 radical (unpaired) electrons. The molecular formula is C13H18O6Si. The summed E-state index contributed by atoms with van der Waals surface area (Å²) in [5, 5.41) is 18.8. The van der Waals surface area contributed by atoms with Gasteiger partial charge in [0.15, 0.2) is 0 Å². The number of carboxylic acids is 2. The topological polar surface area (TPSA) is 93.1 Å². The zero-order chi connectivity index (χ0) is 15.2. The van der Waals surface area contributed by atoms with E-state index >= 15 is 0 Å². The van der Waals surface area contributed by atoms with Crippen LogP contribution in [0.25, 0.3) is 0 Å². The van der Waals surface area contributed by atoms with Gasteiger partial charge in [0.25, 0.3) is 0 Å². The molecule has 0 saturated heterocycles. The quantitative estimate of drug-likeness (QED) is 0.690. The number of rotatable bonds is 8. The highest BCUT2D eigenvalue weighted by molar-refractivity contribution is 6.81. The van der Waals surface area contributed by atoms with E-state index in [1.807, 2.05) is 18.2 Å². The molecule has 1 rings (SSSR count). The first-order valence-electron chi connectivity index (χ1n) is 6.05. The lowest BCUT2D eigenvalue weighted by Crippen LogP contribution is -2.54. The van der Waals surface area contributed by atoms with Crippen molar-refractivity contribution in [2.24, 2.45) is 5.92 Å². The number of carbonyl (C=O) groups is 2. The van der Waals surface area contributed by atoms with E-state index in [1.165, 1.54) is 14.2 Å². The molecule has 0 saturated carbocycles. The molecule has 1 aromatic rings. The van der Waals surface area contributed by atoms with Gasteiger partial charge in [-0.3, -0.25) is 9.59 Å². The maximum Gasteiger partial charge on any atom is 0.372 e. The molecule has 0 heterocycles. The molecular weight excluding hydrogens is 280 g/mol. The molecule has 1 unspecified atom stereocenters. The van der Waals surface area contributed by atoms with E-state index in [4.69, 9.17) is 14.0 Å². The third kappa shape index (κ3) is 3.89. The maximum atomic E-state index is 11.2. The molecule has 0 bridgehead atoms. The average molecular weight is 298 g/mol. The van der Waals surface area contributed by atoms with E-state index in [-0.39, 0.29) is 6.04 Å². The minimum absolute atomic E-state index is 0.0473. The molecule has 2 N–H and O–H groups in total. The summed E-state index contributed by atoms with van der Waals surface area (Å²) in [4.78, 5) is 22.0. The lowest BCUT2D eigenvalue weighted by molar-refractivity contribution is -0.147. The van der Waals surface area contributed by atoms with Gasteiger partial charge in [0.2, 0.25) is 0 Å². The third-order valence-corrected chi connectivity index (χ3v) is 6.72. The summed E-state index contributed by atoms with van der Waals surface area (Å²) >= 11 is 0. The summed E-state index contributed by atoms with van der Waals surface area (Å²) in [7, 11) is -0.0350. The van der Waals surface area contributed by atoms with Crippen LogP contribution >= 0.6 is 0 Å². The van der Waals surface area contributed by atoms with Crippen LogP contribution in [0.3, 0.4) is 0 Å². The summed E-state index contributed by atoms with van der Waals surface area (Å²) in [6.07, 6.45) is -0.455. The Balaban J connectivity index is 3.07. The van der Waals surface area contributed by atoms with Crippen LogP contribution in [0, 0.1) is 5.92 Å². The van der Waals surface area contributed by atoms with Crippen molar-refractivity contribution in [1.29, 1.82) is 0 Å². The molecule has 110 valence electrons. The van der Waals surface area contributed by atoms with Gasteiger partial charge in [0, 0.05) is 20.3 Å². The first kappa shape index (κ1) is 16.4. The van der Waals surface area contributed by atoms with Crippen LogP contribution in [0.2, 0.25) is 6.04 Å². The minimum Gasteiger partial charge on any atom is -0.481 e. The van der Waals surface area contributed by atoms with E-state index in [2.05, 4.69) is 0 Å². The Morgan fingerprint density at radius 2 is 1.70 bits per heavy atom. The Hall–Kier alpha value is -1.70. The molecule has 1 aromatic carbocycles. The Bertz CT molecular complexity index is 457. The summed E-state index contributed by atoms with van der Waals surface area (Å²) < 4.78 is 11.0. The van der Waals surface area contributed by atoms with Crippen molar-refractivity contribution in [1.82, 2.24) is 0 Å². The smallest absolute Gasteiger partial charge is 0.372 e. The third-order valence-electron chi connectivity index (χ3n) is 3.16. The first-order valence-corrected chi connectivity index (χ1v) is 8.08. The van der Waals surface area contributed by atoms with Gasteiger partial charge in [0.1, 0.15) is 0 Å². The van der Waals surface area contributed by atoms with Gasteiger partial charge < -0.3 is 19.1 Å². The van der Waals surface area contributed by atoms with E-state index in [0.717, 1.165) is 5.19 Å². The Labute approximate surface area is 118 Å². The Morgan fingerprint density at radius 3 is 2.10 bits per heavy atom. The van der Waals surface area contributed by atoms with Crippen molar-refractivity contribution >= 4 is 25.7 Å². The fourth-order valence-corrected chi connectivity index (χ4v) is 4.95. The van der Waals surface area contributed by atoms with E-state index in [9.17, 15) is 14.7 Å². The van der Waals surface area contributed by atoms with E-state index in [0.29, 0.717) is 0 Å². The zero-order valence-electron chi connectivity index (χ0n) is 11.4. The lowest BCUT2D eigenvalue weighted by atomic mass is 10.1. The first-order chi connectivity index (χ1) is 9.45. The summed E-state index contributed by atoms with van der Waals surface area (Å²) in [5.41, 5.74) is 0. The highest BCUT2D eigenvalue weighted by Crippen LogP contribution is 2.22. The molecule has 0 aliphatic heterocycles. The molecule has 0 aliphatic rings. The van der Waals surface area contributed by atoms with Gasteiger partial charge in [-0.05, 0) is 5.19 Å². The molecule has 0 spiro atoms. The molecule has 0 fully saturated rings. The minimum atomic E-state index is -2.96. The SMILES string of the molecule is CO[Si](CC(CC(=O)O)C(=O)O)(OC)c1ccccc1. The van der Waals surface area contributed by atoms with Crippen molar-refractivity contribution in [2.75, 3.05) is 14.2 Å². The number of benzene rings is 1. The van der Waals surface area contributed by atoms with Gasteiger partial charge in [-0.1, -0.05) is 30.3 Å². The number of hydrogen-bond acceptors (Lipinski definition) is 4. The molecule has 1 atom stereocenters. The summed E-state index contributed by atoms with van der Waals surface area (Å²) in [6, 6.07) is 9.10. The van der Waals surface area contributed by atoms with Crippen molar-refractivity contribution in [3.63, 3.8) is 0 Å². The van der Waals surface area contributed by atoms with Gasteiger partial charge in [-0.2, -0.15) is 0 Å².